The molecule has 5 heterocycles. The number of fused-ring (bicyclic) bond motifs is 1. The molecule has 10 heteroatoms. The molecular weight excluding hydrogens is 408 g/mol. The van der Waals surface area contributed by atoms with E-state index in [-0.39, 0.29) is 11.9 Å². The predicted molar refractivity (Wildman–Crippen MR) is 119 cm³/mol. The number of piperidine rings is 1. The number of amides is 1. The number of pyridine rings is 1. The second-order valence-electron chi connectivity index (χ2n) is 8.63. The van der Waals surface area contributed by atoms with Crippen LogP contribution in [0.15, 0.2) is 24.4 Å². The lowest BCUT2D eigenvalue weighted by Crippen LogP contribution is -2.31. The van der Waals surface area contributed by atoms with Crippen LogP contribution in [0.25, 0.3) is 11.5 Å². The lowest BCUT2D eigenvalue weighted by molar-refractivity contribution is 0.102. The molecule has 10 nitrogen and oxygen atoms in total. The standard InChI is InChI=1S/C22H28N8O2/c1-14-7-8-19-25-26-20(30(14)19)17-5-4-6-18(23-17)24-21(31)16-13-29(27-22(16)32-3)15-9-11-28(2)12-10-15/h4-6,13-15H,7-12H2,1-3H3,(H,23,24,31)/t14-/m0/s1. The van der Waals surface area contributed by atoms with Crippen LogP contribution in [0, 0.1) is 0 Å². The smallest absolute Gasteiger partial charge is 0.263 e. The molecule has 2 aliphatic rings. The van der Waals surface area contributed by atoms with Gasteiger partial charge in [-0.05, 0) is 58.5 Å². The van der Waals surface area contributed by atoms with Crippen LogP contribution in [0.1, 0.15) is 54.5 Å². The number of anilines is 1. The number of hydrogen-bond donors (Lipinski definition) is 1. The molecule has 1 fully saturated rings. The number of nitrogens with one attached hydrogen (secondary N) is 1. The minimum atomic E-state index is -0.300. The molecule has 3 aromatic heterocycles. The normalized spacial score (nSPS) is 19.2. The molecule has 0 bridgehead atoms. The number of rotatable bonds is 5. The van der Waals surface area contributed by atoms with Gasteiger partial charge in [0.25, 0.3) is 5.91 Å². The lowest BCUT2D eigenvalue weighted by atomic mass is 10.1. The molecule has 0 aliphatic carbocycles. The van der Waals surface area contributed by atoms with Crippen molar-refractivity contribution in [3.05, 3.63) is 35.8 Å². The third kappa shape index (κ3) is 3.75. The van der Waals surface area contributed by atoms with E-state index in [9.17, 15) is 4.79 Å². The molecule has 5 rings (SSSR count). The number of hydrogen-bond acceptors (Lipinski definition) is 7. The molecule has 1 N–H and O–H groups in total. The maximum absolute atomic E-state index is 13.1. The summed E-state index contributed by atoms with van der Waals surface area (Å²) in [7, 11) is 3.65. The number of aryl methyl sites for hydroxylation is 1. The summed E-state index contributed by atoms with van der Waals surface area (Å²) >= 11 is 0. The molecule has 0 spiro atoms. The van der Waals surface area contributed by atoms with E-state index >= 15 is 0 Å². The molecule has 0 radical (unpaired) electrons. The van der Waals surface area contributed by atoms with E-state index in [2.05, 4.69) is 49.0 Å². The minimum Gasteiger partial charge on any atom is -0.479 e. The van der Waals surface area contributed by atoms with E-state index in [1.807, 2.05) is 16.8 Å². The van der Waals surface area contributed by atoms with Crippen molar-refractivity contribution >= 4 is 11.7 Å². The van der Waals surface area contributed by atoms with Gasteiger partial charge in [-0.25, -0.2) is 4.98 Å². The van der Waals surface area contributed by atoms with Gasteiger partial charge in [0.2, 0.25) is 5.88 Å². The quantitative estimate of drug-likeness (QED) is 0.656. The summed E-state index contributed by atoms with van der Waals surface area (Å²) in [6.45, 7) is 4.18. The van der Waals surface area contributed by atoms with Crippen LogP contribution >= 0.6 is 0 Å². The molecule has 1 amide bonds. The Kier molecular flexibility index (Phi) is 5.38. The van der Waals surface area contributed by atoms with Crippen molar-refractivity contribution < 1.29 is 9.53 Å². The number of ether oxygens (including phenoxy) is 1. The van der Waals surface area contributed by atoms with E-state index in [0.717, 1.165) is 50.4 Å². The molecule has 32 heavy (non-hydrogen) atoms. The van der Waals surface area contributed by atoms with E-state index in [0.29, 0.717) is 29.0 Å². The van der Waals surface area contributed by atoms with E-state index in [1.54, 1.807) is 12.3 Å². The van der Waals surface area contributed by atoms with E-state index in [1.165, 1.54) is 7.11 Å². The van der Waals surface area contributed by atoms with Gasteiger partial charge in [-0.1, -0.05) is 6.07 Å². The fraction of sp³-hybridized carbons (Fsp3) is 0.500. The van der Waals surface area contributed by atoms with Gasteiger partial charge in [-0.2, -0.15) is 0 Å². The topological polar surface area (TPSA) is 103 Å². The highest BCUT2D eigenvalue weighted by Gasteiger charge is 2.26. The molecule has 0 unspecified atom stereocenters. The first-order valence-corrected chi connectivity index (χ1v) is 11.1. The van der Waals surface area contributed by atoms with Crippen molar-refractivity contribution in [2.24, 2.45) is 0 Å². The number of carbonyl (C=O) groups is 1. The largest absolute Gasteiger partial charge is 0.479 e. The monoisotopic (exact) mass is 436 g/mol. The predicted octanol–water partition coefficient (Wildman–Crippen LogP) is 2.57. The van der Waals surface area contributed by atoms with Crippen LogP contribution in [-0.4, -0.2) is 67.6 Å². The van der Waals surface area contributed by atoms with Crippen molar-refractivity contribution in [1.82, 2.24) is 34.4 Å². The Hall–Kier alpha value is -3.27. The fourth-order valence-corrected chi connectivity index (χ4v) is 4.54. The maximum Gasteiger partial charge on any atom is 0.263 e. The molecule has 3 aromatic rings. The minimum absolute atomic E-state index is 0.264. The van der Waals surface area contributed by atoms with Gasteiger partial charge in [0.05, 0.1) is 13.2 Å². The third-order valence-electron chi connectivity index (χ3n) is 6.41. The number of carbonyl (C=O) groups excluding carboxylic acids is 1. The first-order valence-electron chi connectivity index (χ1n) is 11.1. The second kappa shape index (κ2) is 8.34. The molecular formula is C22H28N8O2. The molecule has 0 saturated carbocycles. The zero-order valence-corrected chi connectivity index (χ0v) is 18.7. The third-order valence-corrected chi connectivity index (χ3v) is 6.41. The van der Waals surface area contributed by atoms with Gasteiger partial charge in [0.15, 0.2) is 5.82 Å². The van der Waals surface area contributed by atoms with Crippen LogP contribution in [0.4, 0.5) is 5.82 Å². The highest BCUT2D eigenvalue weighted by molar-refractivity contribution is 6.05. The van der Waals surface area contributed by atoms with Gasteiger partial charge in [-0.3, -0.25) is 9.48 Å². The first-order chi connectivity index (χ1) is 15.5. The molecule has 168 valence electrons. The maximum atomic E-state index is 13.1. The van der Waals surface area contributed by atoms with Crippen molar-refractivity contribution in [1.29, 1.82) is 0 Å². The summed E-state index contributed by atoms with van der Waals surface area (Å²) in [4.78, 5) is 20.0. The SMILES string of the molecule is COc1nn(C2CCN(C)CC2)cc1C(=O)Nc1cccc(-c2nnc3n2[C@@H](C)CC3)n1. The van der Waals surface area contributed by atoms with Crippen LogP contribution in [0.2, 0.25) is 0 Å². The Morgan fingerprint density at radius 1 is 1.19 bits per heavy atom. The van der Waals surface area contributed by atoms with Gasteiger partial charge < -0.3 is 19.5 Å². The van der Waals surface area contributed by atoms with Crippen molar-refractivity contribution in [3.8, 4) is 17.4 Å². The first kappa shape index (κ1) is 20.6. The number of methoxy groups -OCH3 is 1. The average Bonchev–Trinajstić information content (AvgIpc) is 3.51. The number of aromatic nitrogens is 6. The summed E-state index contributed by atoms with van der Waals surface area (Å²) in [5, 5.41) is 16.0. The van der Waals surface area contributed by atoms with Crippen LogP contribution in [0.5, 0.6) is 5.88 Å². The zero-order chi connectivity index (χ0) is 22.2. The van der Waals surface area contributed by atoms with E-state index in [4.69, 9.17) is 4.74 Å². The lowest BCUT2D eigenvalue weighted by Gasteiger charge is -2.28. The number of nitrogens with zero attached hydrogens (tertiary/aromatic N) is 7. The van der Waals surface area contributed by atoms with E-state index < -0.39 is 0 Å². The van der Waals surface area contributed by atoms with Crippen molar-refractivity contribution in [3.63, 3.8) is 0 Å². The highest BCUT2D eigenvalue weighted by atomic mass is 16.5. The molecule has 0 aromatic carbocycles. The van der Waals surface area contributed by atoms with Gasteiger partial charge in [0.1, 0.15) is 22.9 Å². The van der Waals surface area contributed by atoms with Crippen LogP contribution < -0.4 is 10.1 Å². The molecule has 1 atom stereocenters. The molecule has 2 aliphatic heterocycles. The summed E-state index contributed by atoms with van der Waals surface area (Å²) in [5.41, 5.74) is 1.08. The Morgan fingerprint density at radius 3 is 2.78 bits per heavy atom. The summed E-state index contributed by atoms with van der Waals surface area (Å²) in [6, 6.07) is 6.11. The second-order valence-corrected chi connectivity index (χ2v) is 8.63. The average molecular weight is 437 g/mol. The Balaban J connectivity index is 1.36. The zero-order valence-electron chi connectivity index (χ0n) is 18.7. The fourth-order valence-electron chi connectivity index (χ4n) is 4.54. The number of likely N-dealkylation sites (tertiary alicyclic amines) is 1. The Morgan fingerprint density at radius 2 is 2.00 bits per heavy atom. The van der Waals surface area contributed by atoms with Gasteiger partial charge >= 0.3 is 0 Å². The Labute approximate surface area is 186 Å². The van der Waals surface area contributed by atoms with Gasteiger partial charge in [-0.15, -0.1) is 15.3 Å². The summed E-state index contributed by atoms with van der Waals surface area (Å²) < 4.78 is 9.39. The summed E-state index contributed by atoms with van der Waals surface area (Å²) in [5.74, 6) is 2.18. The summed E-state index contributed by atoms with van der Waals surface area (Å²) in [6.07, 6.45) is 5.74. The van der Waals surface area contributed by atoms with Crippen LogP contribution in [0.3, 0.4) is 0 Å². The Bertz CT molecular complexity index is 1130. The van der Waals surface area contributed by atoms with Crippen LogP contribution in [-0.2, 0) is 6.42 Å². The van der Waals surface area contributed by atoms with Crippen molar-refractivity contribution in [2.75, 3.05) is 32.6 Å². The highest BCUT2D eigenvalue weighted by Crippen LogP contribution is 2.30. The van der Waals surface area contributed by atoms with Crippen molar-refractivity contribution in [2.45, 2.75) is 44.7 Å². The molecule has 1 saturated heterocycles. The van der Waals surface area contributed by atoms with Gasteiger partial charge in [0, 0.05) is 18.7 Å².